The molecule has 0 heterocycles. The minimum atomic E-state index is -0.669. The molecule has 0 radical (unpaired) electrons. The Morgan fingerprint density at radius 1 is 1.62 bits per heavy atom. The minimum Gasteiger partial charge on any atom is -0.292 e. The van der Waals surface area contributed by atoms with Gasteiger partial charge in [0.15, 0.2) is 0 Å². The van der Waals surface area contributed by atoms with Crippen molar-refractivity contribution in [2.45, 2.75) is 18.4 Å². The van der Waals surface area contributed by atoms with Crippen LogP contribution in [0.3, 0.4) is 0 Å². The van der Waals surface area contributed by atoms with Crippen LogP contribution in [0.1, 0.15) is 17.5 Å². The Kier molecular flexibility index (Phi) is 2.76. The van der Waals surface area contributed by atoms with Crippen LogP contribution in [-0.2, 0) is 12.0 Å². The van der Waals surface area contributed by atoms with Gasteiger partial charge < -0.3 is 0 Å². The number of nitrogens with zero attached hydrogens (tertiary/aromatic N) is 1. The lowest BCUT2D eigenvalue weighted by Crippen LogP contribution is -2.39. The van der Waals surface area contributed by atoms with E-state index in [1.54, 1.807) is 12.1 Å². The second kappa shape index (κ2) is 4.07. The first-order chi connectivity index (χ1) is 7.72. The molecule has 0 saturated heterocycles. The Morgan fingerprint density at radius 2 is 2.44 bits per heavy atom. The summed E-state index contributed by atoms with van der Waals surface area (Å²) < 4.78 is 13.1. The molecule has 0 saturated carbocycles. The van der Waals surface area contributed by atoms with E-state index in [1.807, 2.05) is 0 Å². The normalized spacial score (nSPS) is 22.5. The minimum absolute atomic E-state index is 0.240. The molecule has 0 aromatic heterocycles. The number of nitrogens with one attached hydrogen (secondary N) is 1. The highest BCUT2D eigenvalue weighted by Gasteiger charge is 2.38. The summed E-state index contributed by atoms with van der Waals surface area (Å²) in [6, 6.07) is 6.94. The molecule has 1 N–H and O–H groups in total. The maximum Gasteiger partial charge on any atom is 0.133 e. The highest BCUT2D eigenvalue weighted by molar-refractivity contribution is 5.43. The summed E-state index contributed by atoms with van der Waals surface area (Å²) in [4.78, 5) is 0. The maximum atomic E-state index is 13.1. The van der Waals surface area contributed by atoms with Crippen molar-refractivity contribution >= 4 is 0 Å². The molecule has 0 spiro atoms. The molecular formula is C13H13FN2. The van der Waals surface area contributed by atoms with Gasteiger partial charge >= 0.3 is 0 Å². The summed E-state index contributed by atoms with van der Waals surface area (Å²) >= 11 is 0. The van der Waals surface area contributed by atoms with E-state index < -0.39 is 5.54 Å². The summed E-state index contributed by atoms with van der Waals surface area (Å²) in [5, 5.41) is 12.5. The van der Waals surface area contributed by atoms with E-state index in [1.165, 1.54) is 12.1 Å². The molecule has 1 aliphatic rings. The van der Waals surface area contributed by atoms with Crippen LogP contribution >= 0.6 is 0 Å². The van der Waals surface area contributed by atoms with Crippen LogP contribution in [-0.4, -0.2) is 6.54 Å². The first-order valence-corrected chi connectivity index (χ1v) is 5.28. The SMILES string of the molecule is C=CCNC1(C#N)CCc2cc(F)ccc21. The van der Waals surface area contributed by atoms with Gasteiger partial charge in [-0.1, -0.05) is 12.1 Å². The van der Waals surface area contributed by atoms with E-state index in [0.29, 0.717) is 13.0 Å². The molecule has 82 valence electrons. The maximum absolute atomic E-state index is 13.1. The van der Waals surface area contributed by atoms with Crippen LogP contribution in [0.4, 0.5) is 4.39 Å². The first kappa shape index (κ1) is 10.8. The highest BCUT2D eigenvalue weighted by Crippen LogP contribution is 2.36. The van der Waals surface area contributed by atoms with Crippen molar-refractivity contribution in [2.24, 2.45) is 0 Å². The summed E-state index contributed by atoms with van der Waals surface area (Å²) in [6.07, 6.45) is 3.15. The average Bonchev–Trinajstić information content (AvgIpc) is 2.65. The summed E-state index contributed by atoms with van der Waals surface area (Å²) in [7, 11) is 0. The second-order valence-electron chi connectivity index (χ2n) is 3.99. The number of halogens is 1. The molecule has 0 fully saturated rings. The molecule has 1 unspecified atom stereocenters. The van der Waals surface area contributed by atoms with Crippen molar-refractivity contribution in [3.8, 4) is 6.07 Å². The van der Waals surface area contributed by atoms with Crippen molar-refractivity contribution in [3.63, 3.8) is 0 Å². The molecule has 16 heavy (non-hydrogen) atoms. The van der Waals surface area contributed by atoms with Gasteiger partial charge in [-0.05, 0) is 36.1 Å². The fourth-order valence-electron chi connectivity index (χ4n) is 2.23. The van der Waals surface area contributed by atoms with E-state index in [-0.39, 0.29) is 5.82 Å². The van der Waals surface area contributed by atoms with Gasteiger partial charge in [-0.25, -0.2) is 4.39 Å². The largest absolute Gasteiger partial charge is 0.292 e. The lowest BCUT2D eigenvalue weighted by molar-refractivity contribution is 0.447. The molecule has 1 atom stereocenters. The molecule has 1 aromatic carbocycles. The predicted octanol–water partition coefficient (Wildman–Crippen LogP) is 2.27. The van der Waals surface area contributed by atoms with Gasteiger partial charge in [-0.15, -0.1) is 6.58 Å². The van der Waals surface area contributed by atoms with Gasteiger partial charge in [0.25, 0.3) is 0 Å². The predicted molar refractivity (Wildman–Crippen MR) is 60.2 cm³/mol. The molecule has 0 aliphatic heterocycles. The van der Waals surface area contributed by atoms with Crippen molar-refractivity contribution in [1.29, 1.82) is 5.26 Å². The van der Waals surface area contributed by atoms with Crippen LogP contribution in [0.25, 0.3) is 0 Å². The van der Waals surface area contributed by atoms with Crippen molar-refractivity contribution < 1.29 is 4.39 Å². The fraction of sp³-hybridized carbons (Fsp3) is 0.308. The van der Waals surface area contributed by atoms with E-state index >= 15 is 0 Å². The van der Waals surface area contributed by atoms with E-state index in [0.717, 1.165) is 17.5 Å². The van der Waals surface area contributed by atoms with Crippen LogP contribution < -0.4 is 5.32 Å². The molecule has 1 aromatic rings. The first-order valence-electron chi connectivity index (χ1n) is 5.28. The third-order valence-electron chi connectivity index (χ3n) is 3.04. The second-order valence-corrected chi connectivity index (χ2v) is 3.99. The van der Waals surface area contributed by atoms with E-state index in [4.69, 9.17) is 0 Å². The van der Waals surface area contributed by atoms with Gasteiger partial charge in [0.1, 0.15) is 11.4 Å². The number of benzene rings is 1. The summed E-state index contributed by atoms with van der Waals surface area (Å²) in [6.45, 7) is 4.20. The van der Waals surface area contributed by atoms with Gasteiger partial charge in [0.05, 0.1) is 6.07 Å². The lowest BCUT2D eigenvalue weighted by Gasteiger charge is -2.23. The third-order valence-corrected chi connectivity index (χ3v) is 3.04. The quantitative estimate of drug-likeness (QED) is 0.787. The number of fused-ring (bicyclic) bond motifs is 1. The number of hydrogen-bond donors (Lipinski definition) is 1. The van der Waals surface area contributed by atoms with E-state index in [9.17, 15) is 9.65 Å². The molecule has 2 rings (SSSR count). The van der Waals surface area contributed by atoms with Gasteiger partial charge in [-0.2, -0.15) is 5.26 Å². The topological polar surface area (TPSA) is 35.8 Å². The van der Waals surface area contributed by atoms with Crippen LogP contribution in [0.2, 0.25) is 0 Å². The fourth-order valence-corrected chi connectivity index (χ4v) is 2.23. The molecule has 2 nitrogen and oxygen atoms in total. The molecular weight excluding hydrogens is 203 g/mol. The number of aryl methyl sites for hydroxylation is 1. The molecule has 3 heteroatoms. The van der Waals surface area contributed by atoms with Gasteiger partial charge in [0.2, 0.25) is 0 Å². The van der Waals surface area contributed by atoms with Crippen LogP contribution in [0.15, 0.2) is 30.9 Å². The highest BCUT2D eigenvalue weighted by atomic mass is 19.1. The van der Waals surface area contributed by atoms with Crippen molar-refractivity contribution in [2.75, 3.05) is 6.54 Å². The lowest BCUT2D eigenvalue weighted by atomic mass is 9.93. The Bertz CT molecular complexity index is 461. The zero-order valence-electron chi connectivity index (χ0n) is 8.96. The summed E-state index contributed by atoms with van der Waals surface area (Å²) in [5.41, 5.74) is 1.16. The Morgan fingerprint density at radius 3 is 3.12 bits per heavy atom. The zero-order valence-corrected chi connectivity index (χ0v) is 8.96. The summed E-state index contributed by atoms with van der Waals surface area (Å²) in [5.74, 6) is -0.240. The number of nitriles is 1. The Hall–Kier alpha value is -1.66. The van der Waals surface area contributed by atoms with Crippen molar-refractivity contribution in [3.05, 3.63) is 47.8 Å². The van der Waals surface area contributed by atoms with Crippen molar-refractivity contribution in [1.82, 2.24) is 5.32 Å². The molecule has 0 bridgehead atoms. The number of rotatable bonds is 3. The van der Waals surface area contributed by atoms with E-state index in [2.05, 4.69) is 18.0 Å². The van der Waals surface area contributed by atoms with Gasteiger partial charge in [0, 0.05) is 6.54 Å². The smallest absolute Gasteiger partial charge is 0.133 e. The number of hydrogen-bond acceptors (Lipinski definition) is 2. The standard InChI is InChI=1S/C13H13FN2/c1-2-7-16-13(9-15)6-5-10-8-11(14)3-4-12(10)13/h2-4,8,16H,1,5-7H2. The third kappa shape index (κ3) is 1.62. The molecule has 0 amide bonds. The Labute approximate surface area is 94.4 Å². The Balaban J connectivity index is 2.40. The van der Waals surface area contributed by atoms with Crippen LogP contribution in [0.5, 0.6) is 0 Å². The van der Waals surface area contributed by atoms with Gasteiger partial charge in [-0.3, -0.25) is 5.32 Å². The average molecular weight is 216 g/mol. The zero-order chi connectivity index (χ0) is 11.6. The van der Waals surface area contributed by atoms with Crippen LogP contribution in [0, 0.1) is 17.1 Å². The monoisotopic (exact) mass is 216 g/mol. The molecule has 1 aliphatic carbocycles.